The van der Waals surface area contributed by atoms with Crippen LogP contribution in [0, 0.1) is 0 Å². The van der Waals surface area contributed by atoms with E-state index in [0.717, 1.165) is 11.4 Å². The van der Waals surface area contributed by atoms with Crippen LogP contribution in [0.3, 0.4) is 0 Å². The van der Waals surface area contributed by atoms with Crippen LogP contribution >= 0.6 is 0 Å². The second-order valence-corrected chi connectivity index (χ2v) is 7.68. The van der Waals surface area contributed by atoms with Crippen molar-refractivity contribution >= 4 is 12.4 Å². The Hall–Kier alpha value is -2.10. The molecule has 2 aromatic heterocycles. The minimum Gasteiger partial charge on any atom is -0.360 e. The number of aromatic nitrogens is 2. The van der Waals surface area contributed by atoms with Crippen LogP contribution < -0.4 is 0 Å². The largest absolute Gasteiger partial charge is 0.360 e. The van der Waals surface area contributed by atoms with Crippen LogP contribution in [0.15, 0.2) is 34.7 Å². The highest BCUT2D eigenvalue weighted by Crippen LogP contribution is 2.22. The Morgan fingerprint density at radius 3 is 1.36 bits per heavy atom. The summed E-state index contributed by atoms with van der Waals surface area (Å²) in [7, 11) is 0. The zero-order chi connectivity index (χ0) is 16.4. The van der Waals surface area contributed by atoms with E-state index in [1.54, 1.807) is 12.4 Å². The quantitative estimate of drug-likeness (QED) is 0.624. The summed E-state index contributed by atoms with van der Waals surface area (Å²) < 4.78 is 0. The zero-order valence-electron chi connectivity index (χ0n) is 14.4. The second-order valence-electron chi connectivity index (χ2n) is 7.68. The number of aromatic amines is 2. The molecule has 2 heterocycles. The summed E-state index contributed by atoms with van der Waals surface area (Å²) in [5.41, 5.74) is 4.72. The fourth-order valence-corrected chi connectivity index (χ4v) is 2.03. The molecule has 4 nitrogen and oxygen atoms in total. The van der Waals surface area contributed by atoms with Gasteiger partial charge in [0.1, 0.15) is 0 Å². The summed E-state index contributed by atoms with van der Waals surface area (Å²) in [4.78, 5) is 6.41. The molecule has 0 bridgehead atoms. The van der Waals surface area contributed by atoms with Crippen molar-refractivity contribution in [2.75, 3.05) is 0 Å². The first-order valence-electron chi connectivity index (χ1n) is 7.60. The average Bonchev–Trinajstić information content (AvgIpc) is 3.02. The number of nitrogens with one attached hydrogen (secondary N) is 2. The van der Waals surface area contributed by atoms with E-state index in [4.69, 9.17) is 0 Å². The molecule has 2 aromatic rings. The molecule has 0 aromatic carbocycles. The SMILES string of the molecule is CC(C)(C)c1c[nH]c(/C=N/N=C/c2cc(C(C)(C)C)c[nH]2)c1. The molecule has 0 aliphatic heterocycles. The van der Waals surface area contributed by atoms with Gasteiger partial charge in [0.25, 0.3) is 0 Å². The van der Waals surface area contributed by atoms with Crippen LogP contribution in [0.1, 0.15) is 64.1 Å². The van der Waals surface area contributed by atoms with Crippen molar-refractivity contribution in [1.82, 2.24) is 9.97 Å². The summed E-state index contributed by atoms with van der Waals surface area (Å²) in [6.07, 6.45) is 7.51. The Bertz CT molecular complexity index is 612. The summed E-state index contributed by atoms with van der Waals surface area (Å²) in [6, 6.07) is 4.21. The number of H-pyrrole nitrogens is 2. The summed E-state index contributed by atoms with van der Waals surface area (Å²) >= 11 is 0. The van der Waals surface area contributed by atoms with Crippen molar-refractivity contribution in [2.45, 2.75) is 52.4 Å². The van der Waals surface area contributed by atoms with E-state index in [1.165, 1.54) is 11.1 Å². The Balaban J connectivity index is 2.00. The molecular formula is C18H26N4. The second kappa shape index (κ2) is 5.95. The number of nitrogens with zero attached hydrogens (tertiary/aromatic N) is 2. The van der Waals surface area contributed by atoms with Gasteiger partial charge in [0, 0.05) is 12.4 Å². The van der Waals surface area contributed by atoms with Crippen molar-refractivity contribution < 1.29 is 0 Å². The molecule has 0 aliphatic carbocycles. The third-order valence-corrected chi connectivity index (χ3v) is 3.60. The topological polar surface area (TPSA) is 56.3 Å². The average molecular weight is 298 g/mol. The molecule has 0 radical (unpaired) electrons. The smallest absolute Gasteiger partial charge is 0.0730 e. The zero-order valence-corrected chi connectivity index (χ0v) is 14.4. The van der Waals surface area contributed by atoms with Gasteiger partial charge >= 0.3 is 0 Å². The lowest BCUT2D eigenvalue weighted by Crippen LogP contribution is -2.09. The lowest BCUT2D eigenvalue weighted by Gasteiger charge is -2.15. The molecule has 0 amide bonds. The maximum atomic E-state index is 4.10. The molecule has 0 atom stereocenters. The van der Waals surface area contributed by atoms with Crippen LogP contribution in [0.5, 0.6) is 0 Å². The number of hydrogen-bond acceptors (Lipinski definition) is 2. The summed E-state index contributed by atoms with van der Waals surface area (Å²) in [6.45, 7) is 13.1. The van der Waals surface area contributed by atoms with Crippen molar-refractivity contribution in [1.29, 1.82) is 0 Å². The van der Waals surface area contributed by atoms with E-state index in [2.05, 4.69) is 73.8 Å². The van der Waals surface area contributed by atoms with E-state index in [9.17, 15) is 0 Å². The number of rotatable bonds is 3. The first-order valence-corrected chi connectivity index (χ1v) is 7.60. The van der Waals surface area contributed by atoms with Gasteiger partial charge in [0.15, 0.2) is 0 Å². The van der Waals surface area contributed by atoms with Gasteiger partial charge in [-0.3, -0.25) is 0 Å². The molecule has 22 heavy (non-hydrogen) atoms. The van der Waals surface area contributed by atoms with Gasteiger partial charge in [-0.05, 0) is 34.1 Å². The molecule has 0 aliphatic rings. The summed E-state index contributed by atoms with van der Waals surface area (Å²) in [5.74, 6) is 0. The predicted octanol–water partition coefficient (Wildman–Crippen LogP) is 4.39. The first-order chi connectivity index (χ1) is 10.2. The van der Waals surface area contributed by atoms with Crippen molar-refractivity contribution in [3.8, 4) is 0 Å². The highest BCUT2D eigenvalue weighted by Gasteiger charge is 2.15. The molecule has 0 spiro atoms. The van der Waals surface area contributed by atoms with E-state index < -0.39 is 0 Å². The molecule has 0 saturated heterocycles. The standard InChI is InChI=1S/C18H26N4/c1-17(2,3)13-7-15(19-9-13)11-21-22-12-16-8-14(10-20-16)18(4,5)6/h7-12,19-20H,1-6H3/b21-11+,22-12+. The highest BCUT2D eigenvalue weighted by atomic mass is 15.2. The molecule has 118 valence electrons. The van der Waals surface area contributed by atoms with Gasteiger partial charge in [-0.1, -0.05) is 41.5 Å². The monoisotopic (exact) mass is 298 g/mol. The first kappa shape index (κ1) is 16.3. The molecule has 2 N–H and O–H groups in total. The Labute approximate surface area is 132 Å². The molecule has 0 unspecified atom stereocenters. The van der Waals surface area contributed by atoms with E-state index in [1.807, 2.05) is 12.4 Å². The van der Waals surface area contributed by atoms with Gasteiger partial charge < -0.3 is 9.97 Å². The molecular weight excluding hydrogens is 272 g/mol. The van der Waals surface area contributed by atoms with Crippen LogP contribution in [-0.2, 0) is 10.8 Å². The molecule has 0 fully saturated rings. The predicted molar refractivity (Wildman–Crippen MR) is 94.2 cm³/mol. The fraction of sp³-hybridized carbons (Fsp3) is 0.444. The van der Waals surface area contributed by atoms with Crippen molar-refractivity contribution in [3.63, 3.8) is 0 Å². The molecule has 4 heteroatoms. The van der Waals surface area contributed by atoms with E-state index >= 15 is 0 Å². The summed E-state index contributed by atoms with van der Waals surface area (Å²) in [5, 5.41) is 8.19. The Morgan fingerprint density at radius 1 is 0.727 bits per heavy atom. The Morgan fingerprint density at radius 2 is 1.09 bits per heavy atom. The van der Waals surface area contributed by atoms with Gasteiger partial charge in [0.2, 0.25) is 0 Å². The maximum absolute atomic E-state index is 4.10. The normalized spacial score (nSPS) is 13.5. The minimum atomic E-state index is 0.138. The van der Waals surface area contributed by atoms with Gasteiger partial charge in [-0.2, -0.15) is 10.2 Å². The third-order valence-electron chi connectivity index (χ3n) is 3.60. The number of hydrogen-bond donors (Lipinski definition) is 2. The van der Waals surface area contributed by atoms with Gasteiger partial charge in [-0.25, -0.2) is 0 Å². The third kappa shape index (κ3) is 4.20. The van der Waals surface area contributed by atoms with Gasteiger partial charge in [-0.15, -0.1) is 0 Å². The fourth-order valence-electron chi connectivity index (χ4n) is 2.03. The van der Waals surface area contributed by atoms with Crippen molar-refractivity contribution in [3.05, 3.63) is 47.0 Å². The Kier molecular flexibility index (Phi) is 4.40. The van der Waals surface area contributed by atoms with Crippen LogP contribution in [0.2, 0.25) is 0 Å². The van der Waals surface area contributed by atoms with Crippen molar-refractivity contribution in [2.24, 2.45) is 10.2 Å². The van der Waals surface area contributed by atoms with Crippen LogP contribution in [-0.4, -0.2) is 22.4 Å². The van der Waals surface area contributed by atoms with Crippen LogP contribution in [0.25, 0.3) is 0 Å². The molecule has 2 rings (SSSR count). The van der Waals surface area contributed by atoms with Gasteiger partial charge in [0.05, 0.1) is 23.8 Å². The van der Waals surface area contributed by atoms with E-state index in [0.29, 0.717) is 0 Å². The highest BCUT2D eigenvalue weighted by molar-refractivity contribution is 5.80. The van der Waals surface area contributed by atoms with Crippen LogP contribution in [0.4, 0.5) is 0 Å². The van der Waals surface area contributed by atoms with E-state index in [-0.39, 0.29) is 10.8 Å². The molecule has 0 saturated carbocycles. The minimum absolute atomic E-state index is 0.138. The maximum Gasteiger partial charge on any atom is 0.0730 e. The lowest BCUT2D eigenvalue weighted by molar-refractivity contribution is 0.591. The lowest BCUT2D eigenvalue weighted by atomic mass is 9.89.